The molecule has 3 heteroatoms. The number of rotatable bonds is 4. The molecule has 0 aromatic heterocycles. The van der Waals surface area contributed by atoms with Gasteiger partial charge in [-0.2, -0.15) is 0 Å². The van der Waals surface area contributed by atoms with Crippen LogP contribution in [0.4, 0.5) is 0 Å². The van der Waals surface area contributed by atoms with Gasteiger partial charge in [0, 0.05) is 19.0 Å². The van der Waals surface area contributed by atoms with E-state index in [1.165, 1.54) is 65.0 Å². The van der Waals surface area contributed by atoms with E-state index in [4.69, 9.17) is 11.6 Å². The van der Waals surface area contributed by atoms with E-state index in [0.717, 1.165) is 11.8 Å². The zero-order valence-electron chi connectivity index (χ0n) is 9.63. The summed E-state index contributed by atoms with van der Waals surface area (Å²) in [6.07, 6.45) is 5.44. The summed E-state index contributed by atoms with van der Waals surface area (Å²) in [5, 5.41) is 0. The van der Waals surface area contributed by atoms with Gasteiger partial charge >= 0.3 is 0 Å². The lowest BCUT2D eigenvalue weighted by Gasteiger charge is -2.32. The van der Waals surface area contributed by atoms with Crippen molar-refractivity contribution in [3.63, 3.8) is 0 Å². The van der Waals surface area contributed by atoms with Crippen LogP contribution in [0.5, 0.6) is 0 Å². The molecule has 2 aliphatic heterocycles. The highest BCUT2D eigenvalue weighted by atomic mass is 35.5. The van der Waals surface area contributed by atoms with Crippen LogP contribution in [0.1, 0.15) is 25.7 Å². The molecule has 15 heavy (non-hydrogen) atoms. The summed E-state index contributed by atoms with van der Waals surface area (Å²) < 4.78 is 0. The summed E-state index contributed by atoms with van der Waals surface area (Å²) in [6, 6.07) is 0. The minimum Gasteiger partial charge on any atom is -0.302 e. The molecule has 2 saturated heterocycles. The van der Waals surface area contributed by atoms with Crippen molar-refractivity contribution in [2.24, 2.45) is 5.92 Å². The summed E-state index contributed by atoms with van der Waals surface area (Å²) in [5.74, 6) is 1.65. The molecule has 0 aliphatic carbocycles. The lowest BCUT2D eigenvalue weighted by atomic mass is 9.99. The van der Waals surface area contributed by atoms with Crippen molar-refractivity contribution in [3.8, 4) is 0 Å². The average molecular weight is 231 g/mol. The molecular formula is C12H23ClN2. The number of halogens is 1. The van der Waals surface area contributed by atoms with Gasteiger partial charge in [0.2, 0.25) is 0 Å². The van der Waals surface area contributed by atoms with Gasteiger partial charge in [-0.3, -0.25) is 0 Å². The minimum absolute atomic E-state index is 0.787. The van der Waals surface area contributed by atoms with Crippen molar-refractivity contribution in [2.45, 2.75) is 25.7 Å². The largest absolute Gasteiger partial charge is 0.302 e. The summed E-state index contributed by atoms with van der Waals surface area (Å²) in [5.41, 5.74) is 0. The fourth-order valence-corrected chi connectivity index (χ4v) is 2.96. The monoisotopic (exact) mass is 230 g/mol. The van der Waals surface area contributed by atoms with Crippen molar-refractivity contribution < 1.29 is 0 Å². The maximum absolute atomic E-state index is 5.88. The first-order chi connectivity index (χ1) is 7.38. The van der Waals surface area contributed by atoms with Crippen molar-refractivity contribution in [2.75, 3.05) is 45.1 Å². The van der Waals surface area contributed by atoms with Gasteiger partial charge < -0.3 is 9.80 Å². The van der Waals surface area contributed by atoms with Crippen LogP contribution in [0.25, 0.3) is 0 Å². The first-order valence-corrected chi connectivity index (χ1v) is 6.92. The van der Waals surface area contributed by atoms with Crippen LogP contribution in [0.3, 0.4) is 0 Å². The number of piperidine rings is 1. The highest BCUT2D eigenvalue weighted by Gasteiger charge is 2.19. The maximum atomic E-state index is 5.88. The van der Waals surface area contributed by atoms with Gasteiger partial charge in [0.05, 0.1) is 0 Å². The molecule has 2 nitrogen and oxygen atoms in total. The van der Waals surface area contributed by atoms with Gasteiger partial charge in [-0.25, -0.2) is 0 Å². The molecule has 2 rings (SSSR count). The van der Waals surface area contributed by atoms with Crippen molar-refractivity contribution in [1.29, 1.82) is 0 Å². The van der Waals surface area contributed by atoms with Crippen LogP contribution >= 0.6 is 11.6 Å². The molecular weight excluding hydrogens is 208 g/mol. The van der Waals surface area contributed by atoms with Gasteiger partial charge in [-0.1, -0.05) is 0 Å². The third kappa shape index (κ3) is 3.61. The highest BCUT2D eigenvalue weighted by molar-refractivity contribution is 6.18. The van der Waals surface area contributed by atoms with Crippen LogP contribution in [-0.4, -0.2) is 54.9 Å². The molecule has 0 aromatic carbocycles. The van der Waals surface area contributed by atoms with Crippen molar-refractivity contribution >= 4 is 11.6 Å². The molecule has 0 spiro atoms. The first kappa shape index (κ1) is 11.7. The van der Waals surface area contributed by atoms with E-state index in [9.17, 15) is 0 Å². The second-order valence-corrected chi connectivity index (χ2v) is 5.30. The number of alkyl halides is 1. The summed E-state index contributed by atoms with van der Waals surface area (Å²) in [4.78, 5) is 5.22. The minimum atomic E-state index is 0.787. The van der Waals surface area contributed by atoms with Crippen LogP contribution in [0, 0.1) is 5.92 Å². The molecule has 0 atom stereocenters. The Kier molecular flexibility index (Phi) is 4.73. The topological polar surface area (TPSA) is 6.48 Å². The molecule has 2 aliphatic rings. The van der Waals surface area contributed by atoms with Crippen molar-refractivity contribution in [3.05, 3.63) is 0 Å². The SMILES string of the molecule is ClCC1CCN(CCN2CCCC2)CC1. The number of hydrogen-bond acceptors (Lipinski definition) is 2. The van der Waals surface area contributed by atoms with E-state index >= 15 is 0 Å². The maximum Gasteiger partial charge on any atom is 0.0252 e. The van der Waals surface area contributed by atoms with Crippen LogP contribution in [-0.2, 0) is 0 Å². The molecule has 0 radical (unpaired) electrons. The first-order valence-electron chi connectivity index (χ1n) is 6.39. The molecule has 0 amide bonds. The Balaban J connectivity index is 1.59. The van der Waals surface area contributed by atoms with E-state index in [2.05, 4.69) is 9.80 Å². The molecule has 2 fully saturated rings. The predicted molar refractivity (Wildman–Crippen MR) is 65.6 cm³/mol. The molecule has 88 valence electrons. The van der Waals surface area contributed by atoms with E-state index in [0.29, 0.717) is 0 Å². The van der Waals surface area contributed by atoms with Gasteiger partial charge in [0.25, 0.3) is 0 Å². The Morgan fingerprint density at radius 3 is 1.93 bits per heavy atom. The molecule has 0 bridgehead atoms. The third-order valence-electron chi connectivity index (χ3n) is 3.86. The van der Waals surface area contributed by atoms with Crippen LogP contribution < -0.4 is 0 Å². The highest BCUT2D eigenvalue weighted by Crippen LogP contribution is 2.18. The van der Waals surface area contributed by atoms with Gasteiger partial charge in [0.15, 0.2) is 0 Å². The quantitative estimate of drug-likeness (QED) is 0.682. The van der Waals surface area contributed by atoms with E-state index in [1.807, 2.05) is 0 Å². The Morgan fingerprint density at radius 2 is 1.40 bits per heavy atom. The fourth-order valence-electron chi connectivity index (χ4n) is 2.65. The molecule has 0 N–H and O–H groups in total. The van der Waals surface area contributed by atoms with Crippen molar-refractivity contribution in [1.82, 2.24) is 9.80 Å². The Hall–Kier alpha value is 0.210. The molecule has 0 unspecified atom stereocenters. The zero-order chi connectivity index (χ0) is 10.5. The summed E-state index contributed by atoms with van der Waals surface area (Å²) in [7, 11) is 0. The van der Waals surface area contributed by atoms with E-state index < -0.39 is 0 Å². The average Bonchev–Trinajstić information content (AvgIpc) is 2.80. The van der Waals surface area contributed by atoms with Gasteiger partial charge in [-0.05, 0) is 57.8 Å². The molecule has 2 heterocycles. The Morgan fingerprint density at radius 1 is 0.867 bits per heavy atom. The lowest BCUT2D eigenvalue weighted by molar-refractivity contribution is 0.171. The number of nitrogens with zero attached hydrogens (tertiary/aromatic N) is 2. The normalized spacial score (nSPS) is 26.2. The number of likely N-dealkylation sites (tertiary alicyclic amines) is 2. The predicted octanol–water partition coefficient (Wildman–Crippen LogP) is 2.03. The fraction of sp³-hybridized carbons (Fsp3) is 1.00. The zero-order valence-corrected chi connectivity index (χ0v) is 10.4. The third-order valence-corrected chi connectivity index (χ3v) is 4.29. The summed E-state index contributed by atoms with van der Waals surface area (Å²) >= 11 is 5.88. The Labute approximate surface area is 98.6 Å². The van der Waals surface area contributed by atoms with E-state index in [-0.39, 0.29) is 0 Å². The second kappa shape index (κ2) is 6.07. The lowest BCUT2D eigenvalue weighted by Crippen LogP contribution is -2.39. The van der Waals surface area contributed by atoms with Gasteiger partial charge in [0.1, 0.15) is 0 Å². The standard InChI is InChI=1S/C12H23ClN2/c13-11-12-3-7-15(8-4-12)10-9-14-5-1-2-6-14/h12H,1-11H2. The number of hydrogen-bond donors (Lipinski definition) is 0. The van der Waals surface area contributed by atoms with Gasteiger partial charge in [-0.15, -0.1) is 11.6 Å². The smallest absolute Gasteiger partial charge is 0.0252 e. The molecule has 0 saturated carbocycles. The van der Waals surface area contributed by atoms with Crippen LogP contribution in [0.15, 0.2) is 0 Å². The molecule has 0 aromatic rings. The van der Waals surface area contributed by atoms with E-state index in [1.54, 1.807) is 0 Å². The second-order valence-electron chi connectivity index (χ2n) is 4.99. The summed E-state index contributed by atoms with van der Waals surface area (Å²) in [6.45, 7) is 7.76. The Bertz CT molecular complexity index is 172. The van der Waals surface area contributed by atoms with Crippen LogP contribution in [0.2, 0.25) is 0 Å².